The van der Waals surface area contributed by atoms with E-state index in [0.717, 1.165) is 12.1 Å². The Kier molecular flexibility index (Phi) is 5.78. The van der Waals surface area contributed by atoms with Gasteiger partial charge < -0.3 is 15.0 Å². The van der Waals surface area contributed by atoms with Gasteiger partial charge in [0, 0.05) is 18.2 Å². The Hall–Kier alpha value is -3.15. The topological polar surface area (TPSA) is 90.8 Å². The molecule has 3 aromatic rings. The minimum atomic E-state index is -0.844. The van der Waals surface area contributed by atoms with Crippen LogP contribution >= 0.6 is 23.2 Å². The van der Waals surface area contributed by atoms with Crippen molar-refractivity contribution in [2.24, 2.45) is 0 Å². The van der Waals surface area contributed by atoms with Crippen molar-refractivity contribution in [3.63, 3.8) is 0 Å². The highest BCUT2D eigenvalue weighted by atomic mass is 35.5. The summed E-state index contributed by atoms with van der Waals surface area (Å²) in [6, 6.07) is 7.75. The van der Waals surface area contributed by atoms with Crippen molar-refractivity contribution in [3.8, 4) is 17.6 Å². The highest BCUT2D eigenvalue weighted by molar-refractivity contribution is 6.32. The third-order valence-corrected chi connectivity index (χ3v) is 4.18. The smallest absolute Gasteiger partial charge is 0.273 e. The van der Waals surface area contributed by atoms with Crippen molar-refractivity contribution in [1.29, 1.82) is 5.26 Å². The molecule has 0 atom stereocenters. The number of halogens is 4. The van der Waals surface area contributed by atoms with Gasteiger partial charge in [-0.3, -0.25) is 4.79 Å². The second kappa shape index (κ2) is 8.25. The lowest BCUT2D eigenvalue weighted by atomic mass is 10.2. The first-order valence-corrected chi connectivity index (χ1v) is 8.47. The Labute approximate surface area is 167 Å². The second-order valence-corrected chi connectivity index (χ2v) is 6.27. The van der Waals surface area contributed by atoms with Crippen LogP contribution in [0.5, 0.6) is 11.5 Å². The van der Waals surface area contributed by atoms with Crippen LogP contribution in [0.15, 0.2) is 36.7 Å². The van der Waals surface area contributed by atoms with Crippen molar-refractivity contribution in [2.75, 3.05) is 0 Å². The first-order chi connectivity index (χ1) is 13.4. The zero-order chi connectivity index (χ0) is 20.3. The van der Waals surface area contributed by atoms with E-state index in [4.69, 9.17) is 33.2 Å². The van der Waals surface area contributed by atoms with Crippen LogP contribution in [0, 0.1) is 23.0 Å². The van der Waals surface area contributed by atoms with Crippen LogP contribution in [0.4, 0.5) is 8.78 Å². The molecule has 0 unspecified atom stereocenters. The van der Waals surface area contributed by atoms with Crippen molar-refractivity contribution in [1.82, 2.24) is 15.3 Å². The molecule has 1 heterocycles. The molecule has 0 fully saturated rings. The molecule has 142 valence electrons. The first-order valence-electron chi connectivity index (χ1n) is 7.71. The number of benzene rings is 2. The van der Waals surface area contributed by atoms with E-state index in [1.165, 1.54) is 24.5 Å². The molecule has 0 aliphatic rings. The van der Waals surface area contributed by atoms with Gasteiger partial charge in [0.25, 0.3) is 5.91 Å². The van der Waals surface area contributed by atoms with Gasteiger partial charge in [-0.2, -0.15) is 5.26 Å². The molecule has 0 saturated heterocycles. The Balaban J connectivity index is 1.82. The number of carbonyl (C=O) groups is 1. The monoisotopic (exact) mass is 422 g/mol. The summed E-state index contributed by atoms with van der Waals surface area (Å²) in [5.41, 5.74) is 0.0402. The van der Waals surface area contributed by atoms with Gasteiger partial charge in [0.2, 0.25) is 0 Å². The molecule has 1 aromatic heterocycles. The van der Waals surface area contributed by atoms with E-state index in [1.54, 1.807) is 6.07 Å². The molecule has 0 saturated carbocycles. The molecule has 0 radical (unpaired) electrons. The number of amides is 1. The van der Waals surface area contributed by atoms with E-state index in [1.807, 2.05) is 0 Å². The van der Waals surface area contributed by atoms with Gasteiger partial charge in [-0.1, -0.05) is 29.3 Å². The molecule has 0 spiro atoms. The molecule has 28 heavy (non-hydrogen) atoms. The average Bonchev–Trinajstić information content (AvgIpc) is 3.09. The van der Waals surface area contributed by atoms with Gasteiger partial charge in [0.05, 0.1) is 23.0 Å². The molecule has 3 rings (SSSR count). The predicted octanol–water partition coefficient (Wildman–Crippen LogP) is 4.59. The Morgan fingerprint density at radius 2 is 2.07 bits per heavy atom. The third-order valence-electron chi connectivity index (χ3n) is 3.60. The summed E-state index contributed by atoms with van der Waals surface area (Å²) < 4.78 is 33.7. The molecule has 0 aliphatic carbocycles. The maximum absolute atomic E-state index is 14.8. The normalized spacial score (nSPS) is 10.4. The van der Waals surface area contributed by atoms with E-state index in [0.29, 0.717) is 0 Å². The predicted molar refractivity (Wildman–Crippen MR) is 97.4 cm³/mol. The SMILES string of the molecule is N#Cc1cc(F)cc(Oc2c(Cl)ccc(CNC(=O)c3nc[nH]c3Cl)c2F)c1. The fourth-order valence-corrected chi connectivity index (χ4v) is 2.67. The van der Waals surface area contributed by atoms with E-state index in [2.05, 4.69) is 15.3 Å². The Bertz CT molecular complexity index is 1100. The zero-order valence-corrected chi connectivity index (χ0v) is 15.4. The van der Waals surface area contributed by atoms with Crippen LogP contribution in [0.3, 0.4) is 0 Å². The number of hydrogen-bond acceptors (Lipinski definition) is 4. The Morgan fingerprint density at radius 1 is 1.29 bits per heavy atom. The lowest BCUT2D eigenvalue weighted by molar-refractivity contribution is 0.0946. The number of rotatable bonds is 5. The van der Waals surface area contributed by atoms with Crippen LogP contribution in [-0.4, -0.2) is 15.9 Å². The molecular weight excluding hydrogens is 413 g/mol. The summed E-state index contributed by atoms with van der Waals surface area (Å²) in [6.07, 6.45) is 1.25. The number of hydrogen-bond donors (Lipinski definition) is 2. The number of nitriles is 1. The van der Waals surface area contributed by atoms with Gasteiger partial charge in [0.1, 0.15) is 16.7 Å². The van der Waals surface area contributed by atoms with E-state index >= 15 is 0 Å². The van der Waals surface area contributed by atoms with Gasteiger partial charge in [-0.25, -0.2) is 13.8 Å². The van der Waals surface area contributed by atoms with Gasteiger partial charge in [0.15, 0.2) is 17.3 Å². The zero-order valence-electron chi connectivity index (χ0n) is 13.9. The highest BCUT2D eigenvalue weighted by Gasteiger charge is 2.18. The number of imidazole rings is 1. The van der Waals surface area contributed by atoms with E-state index in [9.17, 15) is 13.6 Å². The number of nitrogens with one attached hydrogen (secondary N) is 2. The fourth-order valence-electron chi connectivity index (χ4n) is 2.30. The minimum absolute atomic E-state index is 0.00540. The largest absolute Gasteiger partial charge is 0.453 e. The standard InChI is InChI=1S/C18H10Cl2F2N4O2/c19-13-2-1-10(7-24-18(27)15-17(20)26-8-25-15)14(22)16(13)28-12-4-9(6-23)3-11(21)5-12/h1-5,8H,7H2,(H,24,27)(H,25,26). The third kappa shape index (κ3) is 4.22. The van der Waals surface area contributed by atoms with Crippen LogP contribution < -0.4 is 10.1 Å². The van der Waals surface area contributed by atoms with Crippen LogP contribution in [0.2, 0.25) is 10.2 Å². The van der Waals surface area contributed by atoms with E-state index < -0.39 is 17.5 Å². The summed E-state index contributed by atoms with van der Waals surface area (Å²) in [4.78, 5) is 18.3. The molecule has 2 N–H and O–H groups in total. The molecule has 2 aromatic carbocycles. The molecule has 10 heteroatoms. The van der Waals surface area contributed by atoms with Crippen LogP contribution in [-0.2, 0) is 6.54 Å². The fraction of sp³-hybridized carbons (Fsp3) is 0.0556. The summed E-state index contributed by atoms with van der Waals surface area (Å²) in [5.74, 6) is -2.62. The maximum Gasteiger partial charge on any atom is 0.273 e. The van der Waals surface area contributed by atoms with Crippen molar-refractivity contribution >= 4 is 29.1 Å². The van der Waals surface area contributed by atoms with Crippen LogP contribution in [0.1, 0.15) is 21.6 Å². The molecular formula is C18H10Cl2F2N4O2. The van der Waals surface area contributed by atoms with Gasteiger partial charge in [-0.15, -0.1) is 0 Å². The molecule has 1 amide bonds. The summed E-state index contributed by atoms with van der Waals surface area (Å²) in [6.45, 7) is -0.200. The van der Waals surface area contributed by atoms with Gasteiger partial charge in [-0.05, 0) is 18.2 Å². The Morgan fingerprint density at radius 3 is 2.75 bits per heavy atom. The second-order valence-electron chi connectivity index (χ2n) is 5.49. The van der Waals surface area contributed by atoms with Crippen molar-refractivity contribution < 1.29 is 18.3 Å². The lowest BCUT2D eigenvalue weighted by Crippen LogP contribution is -2.24. The maximum atomic E-state index is 14.8. The van der Waals surface area contributed by atoms with Crippen LogP contribution in [0.25, 0.3) is 0 Å². The number of H-pyrrole nitrogens is 1. The molecule has 0 aliphatic heterocycles. The average molecular weight is 423 g/mol. The number of carbonyl (C=O) groups excluding carboxylic acids is 1. The minimum Gasteiger partial charge on any atom is -0.453 e. The summed E-state index contributed by atoms with van der Waals surface area (Å²) in [7, 11) is 0. The number of nitrogens with zero attached hydrogens (tertiary/aromatic N) is 2. The number of ether oxygens (including phenoxy) is 1. The van der Waals surface area contributed by atoms with Gasteiger partial charge >= 0.3 is 0 Å². The lowest BCUT2D eigenvalue weighted by Gasteiger charge is -2.12. The molecule has 0 bridgehead atoms. The summed E-state index contributed by atoms with van der Waals surface area (Å²) in [5, 5.41) is 11.4. The molecule has 6 nitrogen and oxygen atoms in total. The number of aromatic nitrogens is 2. The first kappa shape index (κ1) is 19.6. The van der Waals surface area contributed by atoms with Crippen molar-refractivity contribution in [3.05, 3.63) is 75.3 Å². The summed E-state index contributed by atoms with van der Waals surface area (Å²) >= 11 is 11.8. The van der Waals surface area contributed by atoms with E-state index in [-0.39, 0.29) is 45.0 Å². The highest BCUT2D eigenvalue weighted by Crippen LogP contribution is 2.34. The quantitative estimate of drug-likeness (QED) is 0.628. The number of aromatic amines is 1. The van der Waals surface area contributed by atoms with Crippen molar-refractivity contribution in [2.45, 2.75) is 6.54 Å².